The highest BCUT2D eigenvalue weighted by atomic mass is 16.5. The van der Waals surface area contributed by atoms with Crippen LogP contribution in [-0.4, -0.2) is 61.0 Å². The lowest BCUT2D eigenvalue weighted by molar-refractivity contribution is -0.148. The molecule has 2 saturated carbocycles. The van der Waals surface area contributed by atoms with E-state index < -0.39 is 0 Å². The van der Waals surface area contributed by atoms with Gasteiger partial charge in [0.25, 0.3) is 0 Å². The minimum absolute atomic E-state index is 0.0271. The van der Waals surface area contributed by atoms with Crippen molar-refractivity contribution in [2.75, 3.05) is 33.3 Å². The number of likely N-dealkylation sites (N-methyl/N-ethyl adjacent to an activating group) is 1. The Kier molecular flexibility index (Phi) is 6.68. The largest absolute Gasteiger partial charge is 0.465 e. The molecule has 0 aromatic heterocycles. The van der Waals surface area contributed by atoms with E-state index in [0.717, 1.165) is 12.5 Å². The van der Waals surface area contributed by atoms with Crippen molar-refractivity contribution < 1.29 is 14.3 Å². The number of nitrogens with zero attached hydrogens (tertiary/aromatic N) is 2. The standard InChI is InChI=1S/C17H30N2O3/c1-3-22-17(21)13-18(2)16(20)12-19(11-14-9-10-14)15-7-5-4-6-8-15/h14-15H,3-13H2,1-2H3. The molecule has 1 amide bonds. The van der Waals surface area contributed by atoms with Gasteiger partial charge in [0, 0.05) is 19.6 Å². The SMILES string of the molecule is CCOC(=O)CN(C)C(=O)CN(CC1CC1)C1CCCCC1. The first-order valence-corrected chi connectivity index (χ1v) is 8.73. The van der Waals surface area contributed by atoms with Crippen molar-refractivity contribution >= 4 is 11.9 Å². The van der Waals surface area contributed by atoms with Crippen LogP contribution in [0.4, 0.5) is 0 Å². The summed E-state index contributed by atoms with van der Waals surface area (Å²) < 4.78 is 4.91. The molecule has 22 heavy (non-hydrogen) atoms. The van der Waals surface area contributed by atoms with Crippen LogP contribution in [0.5, 0.6) is 0 Å². The van der Waals surface area contributed by atoms with E-state index in [9.17, 15) is 9.59 Å². The van der Waals surface area contributed by atoms with Gasteiger partial charge in [-0.25, -0.2) is 0 Å². The molecule has 126 valence electrons. The fourth-order valence-corrected chi connectivity index (χ4v) is 3.20. The Labute approximate surface area is 134 Å². The predicted molar refractivity (Wildman–Crippen MR) is 85.4 cm³/mol. The maximum absolute atomic E-state index is 12.4. The van der Waals surface area contributed by atoms with E-state index in [1.807, 2.05) is 0 Å². The van der Waals surface area contributed by atoms with Crippen molar-refractivity contribution in [3.8, 4) is 0 Å². The van der Waals surface area contributed by atoms with Crippen LogP contribution >= 0.6 is 0 Å². The average molecular weight is 310 g/mol. The van der Waals surface area contributed by atoms with Crippen molar-refractivity contribution in [3.63, 3.8) is 0 Å². The number of hydrogen-bond donors (Lipinski definition) is 0. The number of esters is 1. The van der Waals surface area contributed by atoms with E-state index in [2.05, 4.69) is 4.90 Å². The highest BCUT2D eigenvalue weighted by molar-refractivity contribution is 5.83. The summed E-state index contributed by atoms with van der Waals surface area (Å²) in [7, 11) is 1.69. The highest BCUT2D eigenvalue weighted by Crippen LogP contribution is 2.32. The van der Waals surface area contributed by atoms with Crippen LogP contribution in [0.2, 0.25) is 0 Å². The van der Waals surface area contributed by atoms with Crippen molar-refractivity contribution in [1.29, 1.82) is 0 Å². The molecule has 0 saturated heterocycles. The Hall–Kier alpha value is -1.10. The molecule has 0 bridgehead atoms. The molecule has 0 radical (unpaired) electrons. The lowest BCUT2D eigenvalue weighted by Crippen LogP contribution is -2.46. The van der Waals surface area contributed by atoms with Crippen molar-refractivity contribution in [1.82, 2.24) is 9.80 Å². The number of rotatable bonds is 8. The second kappa shape index (κ2) is 8.51. The van der Waals surface area contributed by atoms with Crippen LogP contribution in [0.15, 0.2) is 0 Å². The Morgan fingerprint density at radius 2 is 1.73 bits per heavy atom. The van der Waals surface area contributed by atoms with Gasteiger partial charge in [0.15, 0.2) is 0 Å². The van der Waals surface area contributed by atoms with Crippen LogP contribution in [-0.2, 0) is 14.3 Å². The molecule has 0 N–H and O–H groups in total. The molecule has 0 aromatic carbocycles. The Morgan fingerprint density at radius 3 is 2.32 bits per heavy atom. The fraction of sp³-hybridized carbons (Fsp3) is 0.882. The molecular weight excluding hydrogens is 280 g/mol. The van der Waals surface area contributed by atoms with Gasteiger partial charge < -0.3 is 9.64 Å². The summed E-state index contributed by atoms with van der Waals surface area (Å²) in [6, 6.07) is 0.550. The zero-order valence-electron chi connectivity index (χ0n) is 14.1. The van der Waals surface area contributed by atoms with E-state index >= 15 is 0 Å². The molecule has 0 spiro atoms. The van der Waals surface area contributed by atoms with E-state index in [1.165, 1.54) is 49.8 Å². The first-order valence-electron chi connectivity index (χ1n) is 8.73. The zero-order valence-corrected chi connectivity index (χ0v) is 14.1. The van der Waals surface area contributed by atoms with Gasteiger partial charge in [-0.3, -0.25) is 14.5 Å². The topological polar surface area (TPSA) is 49.9 Å². The molecule has 5 heteroatoms. The van der Waals surface area contributed by atoms with Gasteiger partial charge in [-0.05, 0) is 38.5 Å². The first-order chi connectivity index (χ1) is 10.6. The molecule has 2 fully saturated rings. The van der Waals surface area contributed by atoms with Crippen LogP contribution in [0.25, 0.3) is 0 Å². The molecule has 2 rings (SSSR count). The summed E-state index contributed by atoms with van der Waals surface area (Å²) in [5.74, 6) is 0.481. The second-order valence-corrected chi connectivity index (χ2v) is 6.72. The third-order valence-electron chi connectivity index (χ3n) is 4.72. The first kappa shape index (κ1) is 17.3. The molecule has 0 aliphatic heterocycles. The third kappa shape index (κ3) is 5.59. The third-order valence-corrected chi connectivity index (χ3v) is 4.72. The minimum Gasteiger partial charge on any atom is -0.465 e. The fourth-order valence-electron chi connectivity index (χ4n) is 3.20. The summed E-state index contributed by atoms with van der Waals surface area (Å²) in [6.45, 7) is 3.67. The van der Waals surface area contributed by atoms with Gasteiger partial charge in [0.1, 0.15) is 6.54 Å². The molecule has 0 heterocycles. The molecule has 0 unspecified atom stereocenters. The van der Waals surface area contributed by atoms with E-state index in [4.69, 9.17) is 4.74 Å². The molecule has 2 aliphatic carbocycles. The number of carbonyl (C=O) groups excluding carboxylic acids is 2. The summed E-state index contributed by atoms with van der Waals surface area (Å²) >= 11 is 0. The summed E-state index contributed by atoms with van der Waals surface area (Å²) in [6.07, 6.45) is 8.90. The van der Waals surface area contributed by atoms with Gasteiger partial charge >= 0.3 is 5.97 Å². The monoisotopic (exact) mass is 310 g/mol. The lowest BCUT2D eigenvalue weighted by atomic mass is 9.94. The van der Waals surface area contributed by atoms with Crippen molar-refractivity contribution in [3.05, 3.63) is 0 Å². The van der Waals surface area contributed by atoms with Crippen LogP contribution < -0.4 is 0 Å². The maximum Gasteiger partial charge on any atom is 0.325 e. The van der Waals surface area contributed by atoms with Crippen LogP contribution in [0, 0.1) is 5.92 Å². The second-order valence-electron chi connectivity index (χ2n) is 6.72. The molecule has 2 aliphatic rings. The number of amides is 1. The summed E-state index contributed by atoms with van der Waals surface area (Å²) in [4.78, 5) is 27.8. The van der Waals surface area contributed by atoms with E-state index in [-0.39, 0.29) is 18.4 Å². The predicted octanol–water partition coefficient (Wildman–Crippen LogP) is 2.05. The quantitative estimate of drug-likeness (QED) is 0.644. The Bertz CT molecular complexity index is 376. The van der Waals surface area contributed by atoms with Gasteiger partial charge in [-0.2, -0.15) is 0 Å². The number of carbonyl (C=O) groups is 2. The van der Waals surface area contributed by atoms with Gasteiger partial charge in [-0.1, -0.05) is 19.3 Å². The molecule has 5 nitrogen and oxygen atoms in total. The van der Waals surface area contributed by atoms with Gasteiger partial charge in [-0.15, -0.1) is 0 Å². The van der Waals surface area contributed by atoms with Crippen LogP contribution in [0.1, 0.15) is 51.9 Å². The molecule has 0 aromatic rings. The Morgan fingerprint density at radius 1 is 1.05 bits per heavy atom. The van der Waals surface area contributed by atoms with Crippen LogP contribution in [0.3, 0.4) is 0 Å². The lowest BCUT2D eigenvalue weighted by Gasteiger charge is -2.34. The average Bonchev–Trinajstić information content (AvgIpc) is 3.31. The smallest absolute Gasteiger partial charge is 0.325 e. The van der Waals surface area contributed by atoms with E-state index in [1.54, 1.807) is 14.0 Å². The maximum atomic E-state index is 12.4. The van der Waals surface area contributed by atoms with Gasteiger partial charge in [0.2, 0.25) is 5.91 Å². The number of hydrogen-bond acceptors (Lipinski definition) is 4. The van der Waals surface area contributed by atoms with E-state index in [0.29, 0.717) is 19.2 Å². The zero-order chi connectivity index (χ0) is 15.9. The molecular formula is C17H30N2O3. The molecule has 0 atom stereocenters. The minimum atomic E-state index is -0.329. The Balaban J connectivity index is 1.84. The summed E-state index contributed by atoms with van der Waals surface area (Å²) in [5, 5.41) is 0. The highest BCUT2D eigenvalue weighted by Gasteiger charge is 2.30. The van der Waals surface area contributed by atoms with Crippen molar-refractivity contribution in [2.24, 2.45) is 5.92 Å². The van der Waals surface area contributed by atoms with Crippen molar-refractivity contribution in [2.45, 2.75) is 57.9 Å². The summed E-state index contributed by atoms with van der Waals surface area (Å²) in [5.41, 5.74) is 0. The normalized spacial score (nSPS) is 19.2. The number of ether oxygens (including phenoxy) is 1. The van der Waals surface area contributed by atoms with Gasteiger partial charge in [0.05, 0.1) is 13.2 Å².